The van der Waals surface area contributed by atoms with Crippen LogP contribution in [0.2, 0.25) is 0 Å². The van der Waals surface area contributed by atoms with E-state index in [1.54, 1.807) is 0 Å². The number of halogens is 3. The summed E-state index contributed by atoms with van der Waals surface area (Å²) >= 11 is 0. The van der Waals surface area contributed by atoms with Gasteiger partial charge in [0.05, 0.1) is 0 Å². The van der Waals surface area contributed by atoms with Crippen LogP contribution in [0.15, 0.2) is 0 Å². The van der Waals surface area contributed by atoms with Crippen molar-refractivity contribution < 1.29 is 18.3 Å². The molecule has 1 atom stereocenters. The molecule has 0 aromatic carbocycles. The van der Waals surface area contributed by atoms with E-state index in [1.165, 1.54) is 6.92 Å². The van der Waals surface area contributed by atoms with Crippen LogP contribution in [0.4, 0.5) is 13.2 Å². The van der Waals surface area contributed by atoms with Crippen molar-refractivity contribution in [2.45, 2.75) is 44.9 Å². The largest absolute Gasteiger partial charge is 0.414 e. The lowest BCUT2D eigenvalue weighted by Crippen LogP contribution is -2.41. The highest BCUT2D eigenvalue weighted by molar-refractivity contribution is 4.90. The molecule has 0 aromatic rings. The first kappa shape index (κ1) is 9.84. The summed E-state index contributed by atoms with van der Waals surface area (Å²) in [7, 11) is 0. The molecular weight excluding hydrogens is 169 g/mol. The van der Waals surface area contributed by atoms with Gasteiger partial charge in [0.1, 0.15) is 0 Å². The number of alkyl halides is 3. The molecule has 72 valence electrons. The third-order valence-corrected chi connectivity index (χ3v) is 2.72. The maximum absolute atomic E-state index is 12.1. The van der Waals surface area contributed by atoms with Crippen molar-refractivity contribution in [1.82, 2.24) is 0 Å². The third-order valence-electron chi connectivity index (χ3n) is 2.72. The van der Waals surface area contributed by atoms with Gasteiger partial charge >= 0.3 is 6.18 Å². The molecule has 1 unspecified atom stereocenters. The van der Waals surface area contributed by atoms with Gasteiger partial charge in [0, 0.05) is 5.41 Å². The van der Waals surface area contributed by atoms with Gasteiger partial charge < -0.3 is 5.11 Å². The molecule has 1 N–H and O–H groups in total. The Morgan fingerprint density at radius 2 is 1.67 bits per heavy atom. The van der Waals surface area contributed by atoms with Gasteiger partial charge in [-0.2, -0.15) is 13.2 Å². The molecular formula is C8H13F3O. The summed E-state index contributed by atoms with van der Waals surface area (Å²) in [4.78, 5) is 0. The molecule has 0 amide bonds. The van der Waals surface area contributed by atoms with Crippen LogP contribution in [0, 0.1) is 5.41 Å². The Morgan fingerprint density at radius 3 is 2.00 bits per heavy atom. The maximum Gasteiger partial charge on any atom is 0.414 e. The van der Waals surface area contributed by atoms with E-state index in [4.69, 9.17) is 5.11 Å². The summed E-state index contributed by atoms with van der Waals surface area (Å²) in [6.07, 6.45) is -4.05. The monoisotopic (exact) mass is 182 g/mol. The Labute approximate surface area is 69.6 Å². The van der Waals surface area contributed by atoms with Crippen LogP contribution in [0.25, 0.3) is 0 Å². The fourth-order valence-corrected chi connectivity index (χ4v) is 1.85. The summed E-state index contributed by atoms with van der Waals surface area (Å²) in [5, 5.41) is 9.02. The first-order valence-corrected chi connectivity index (χ1v) is 4.11. The van der Waals surface area contributed by atoms with Gasteiger partial charge in [-0.15, -0.1) is 0 Å². The second kappa shape index (κ2) is 2.91. The second-order valence-electron chi connectivity index (χ2n) is 3.81. The van der Waals surface area contributed by atoms with E-state index in [-0.39, 0.29) is 0 Å². The van der Waals surface area contributed by atoms with Crippen molar-refractivity contribution in [3.8, 4) is 0 Å². The van der Waals surface area contributed by atoms with Gasteiger partial charge in [0.25, 0.3) is 0 Å². The van der Waals surface area contributed by atoms with Gasteiger partial charge in [-0.25, -0.2) is 0 Å². The topological polar surface area (TPSA) is 20.2 Å². The minimum absolute atomic E-state index is 0.480. The third kappa shape index (κ3) is 1.73. The van der Waals surface area contributed by atoms with Crippen LogP contribution < -0.4 is 0 Å². The zero-order valence-corrected chi connectivity index (χ0v) is 6.99. The SMILES string of the molecule is CC1(C(O)C(F)(F)F)CCCC1. The Morgan fingerprint density at radius 1 is 1.25 bits per heavy atom. The summed E-state index contributed by atoms with van der Waals surface area (Å²) in [6, 6.07) is 0. The zero-order chi connectivity index (χ0) is 9.41. The lowest BCUT2D eigenvalue weighted by molar-refractivity contribution is -0.235. The standard InChI is InChI=1S/C8H13F3O/c1-7(4-2-3-5-7)6(12)8(9,10)11/h6,12H,2-5H2,1H3. The van der Waals surface area contributed by atoms with E-state index in [0.29, 0.717) is 12.8 Å². The Kier molecular flexibility index (Phi) is 2.38. The van der Waals surface area contributed by atoms with Crippen LogP contribution in [0.5, 0.6) is 0 Å². The number of rotatable bonds is 1. The predicted molar refractivity (Wildman–Crippen MR) is 38.6 cm³/mol. The molecule has 1 rings (SSSR count). The fraction of sp³-hybridized carbons (Fsp3) is 1.00. The molecule has 0 bridgehead atoms. The van der Waals surface area contributed by atoms with E-state index in [1.807, 2.05) is 0 Å². The van der Waals surface area contributed by atoms with Crippen molar-refractivity contribution in [3.05, 3.63) is 0 Å². The number of hydrogen-bond donors (Lipinski definition) is 1. The van der Waals surface area contributed by atoms with Crippen LogP contribution in [-0.4, -0.2) is 17.4 Å². The highest BCUT2D eigenvalue weighted by atomic mass is 19.4. The van der Waals surface area contributed by atoms with Crippen molar-refractivity contribution in [1.29, 1.82) is 0 Å². The lowest BCUT2D eigenvalue weighted by Gasteiger charge is -2.31. The first-order valence-electron chi connectivity index (χ1n) is 4.11. The van der Waals surface area contributed by atoms with Gasteiger partial charge in [-0.3, -0.25) is 0 Å². The molecule has 4 heteroatoms. The summed E-state index contributed by atoms with van der Waals surface area (Å²) in [5.41, 5.74) is -0.932. The van der Waals surface area contributed by atoms with E-state index in [2.05, 4.69) is 0 Å². The van der Waals surface area contributed by atoms with Crippen LogP contribution in [-0.2, 0) is 0 Å². The van der Waals surface area contributed by atoms with Gasteiger partial charge in [-0.1, -0.05) is 19.8 Å². The highest BCUT2D eigenvalue weighted by Crippen LogP contribution is 2.45. The molecule has 12 heavy (non-hydrogen) atoms. The normalized spacial score (nSPS) is 25.8. The fourth-order valence-electron chi connectivity index (χ4n) is 1.85. The molecule has 0 aliphatic heterocycles. The molecule has 0 spiro atoms. The molecule has 1 aliphatic rings. The molecule has 1 aliphatic carbocycles. The summed E-state index contributed by atoms with van der Waals surface area (Å²) in [5.74, 6) is 0. The Hall–Kier alpha value is -0.250. The van der Waals surface area contributed by atoms with E-state index in [0.717, 1.165) is 12.8 Å². The summed E-state index contributed by atoms with van der Waals surface area (Å²) < 4.78 is 36.3. The molecule has 1 nitrogen and oxygen atoms in total. The Bertz CT molecular complexity index is 158. The molecule has 0 radical (unpaired) electrons. The average Bonchev–Trinajstić information content (AvgIpc) is 2.34. The van der Waals surface area contributed by atoms with E-state index < -0.39 is 17.7 Å². The molecule has 0 saturated heterocycles. The van der Waals surface area contributed by atoms with Crippen LogP contribution >= 0.6 is 0 Å². The number of hydrogen-bond acceptors (Lipinski definition) is 1. The van der Waals surface area contributed by atoms with Gasteiger partial charge in [0.2, 0.25) is 0 Å². The molecule has 1 saturated carbocycles. The quantitative estimate of drug-likeness (QED) is 0.660. The number of aliphatic hydroxyl groups is 1. The van der Waals surface area contributed by atoms with E-state index >= 15 is 0 Å². The van der Waals surface area contributed by atoms with Crippen molar-refractivity contribution in [2.75, 3.05) is 0 Å². The van der Waals surface area contributed by atoms with Crippen LogP contribution in [0.1, 0.15) is 32.6 Å². The average molecular weight is 182 g/mol. The molecule has 0 heterocycles. The van der Waals surface area contributed by atoms with Crippen molar-refractivity contribution in [3.63, 3.8) is 0 Å². The highest BCUT2D eigenvalue weighted by Gasteiger charge is 2.50. The smallest absolute Gasteiger partial charge is 0.383 e. The molecule has 1 fully saturated rings. The zero-order valence-electron chi connectivity index (χ0n) is 6.99. The Balaban J connectivity index is 2.68. The second-order valence-corrected chi connectivity index (χ2v) is 3.81. The molecule has 0 aromatic heterocycles. The number of aliphatic hydroxyl groups excluding tert-OH is 1. The first-order chi connectivity index (χ1) is 5.36. The van der Waals surface area contributed by atoms with Gasteiger partial charge in [-0.05, 0) is 12.8 Å². The van der Waals surface area contributed by atoms with Gasteiger partial charge in [0.15, 0.2) is 6.10 Å². The van der Waals surface area contributed by atoms with Crippen molar-refractivity contribution in [2.24, 2.45) is 5.41 Å². The van der Waals surface area contributed by atoms with Crippen LogP contribution in [0.3, 0.4) is 0 Å². The van der Waals surface area contributed by atoms with E-state index in [9.17, 15) is 13.2 Å². The van der Waals surface area contributed by atoms with Crippen molar-refractivity contribution >= 4 is 0 Å². The lowest BCUT2D eigenvalue weighted by atomic mass is 9.82. The predicted octanol–water partition coefficient (Wildman–Crippen LogP) is 2.49. The maximum atomic E-state index is 12.1. The minimum Gasteiger partial charge on any atom is -0.383 e. The summed E-state index contributed by atoms with van der Waals surface area (Å²) in [6.45, 7) is 1.51. The minimum atomic E-state index is -4.46.